The van der Waals surface area contributed by atoms with Crippen molar-refractivity contribution in [3.05, 3.63) is 0 Å². The zero-order valence-corrected chi connectivity index (χ0v) is 19.8. The minimum Gasteiger partial charge on any atom is -0.481 e. The molecule has 30 heavy (non-hydrogen) atoms. The van der Waals surface area contributed by atoms with Gasteiger partial charge in [-0.25, -0.2) is 0 Å². The fourth-order valence-corrected chi connectivity index (χ4v) is 4.62. The maximum absolute atomic E-state index is 12.6. The van der Waals surface area contributed by atoms with Crippen LogP contribution in [0.3, 0.4) is 0 Å². The van der Waals surface area contributed by atoms with E-state index in [0.717, 1.165) is 44.9 Å². The Labute approximate surface area is 185 Å². The fraction of sp³-hybridized carbons (Fsp3) is 0.923. The average Bonchev–Trinajstić information content (AvgIpc) is 2.75. The van der Waals surface area contributed by atoms with Gasteiger partial charge in [0, 0.05) is 0 Å². The number of esters is 1. The lowest BCUT2D eigenvalue weighted by molar-refractivity contribution is -0.158. The van der Waals surface area contributed by atoms with E-state index >= 15 is 0 Å². The molecule has 1 N–H and O–H groups in total. The summed E-state index contributed by atoms with van der Waals surface area (Å²) in [6.07, 6.45) is 21.4. The van der Waals surface area contributed by atoms with E-state index in [1.54, 1.807) is 0 Å². The molecular formula is C26H48O4. The van der Waals surface area contributed by atoms with E-state index in [9.17, 15) is 14.7 Å². The van der Waals surface area contributed by atoms with Gasteiger partial charge in [-0.3, -0.25) is 9.59 Å². The van der Waals surface area contributed by atoms with Gasteiger partial charge in [-0.15, -0.1) is 0 Å². The number of hydrogen-bond donors (Lipinski definition) is 1. The van der Waals surface area contributed by atoms with Crippen LogP contribution in [0.25, 0.3) is 0 Å². The van der Waals surface area contributed by atoms with Crippen molar-refractivity contribution >= 4 is 11.9 Å². The number of ether oxygens (including phenoxy) is 1. The molecule has 1 saturated carbocycles. The number of carbonyl (C=O) groups excluding carboxylic acids is 1. The molecule has 0 aliphatic heterocycles. The normalized spacial score (nSPS) is 20.1. The Bertz CT molecular complexity index is 448. The molecule has 1 fully saturated rings. The molecule has 0 aromatic rings. The largest absolute Gasteiger partial charge is 0.481 e. The molecule has 0 saturated heterocycles. The third-order valence-electron chi connectivity index (χ3n) is 6.65. The van der Waals surface area contributed by atoms with Crippen molar-refractivity contribution in [3.63, 3.8) is 0 Å². The predicted molar refractivity (Wildman–Crippen MR) is 124 cm³/mol. The lowest BCUT2D eigenvalue weighted by Crippen LogP contribution is -2.31. The standard InChI is InChI=1S/C26H48O4/c1-3-5-7-8-9-10-11-12-13-14-15-20-24(19-6-4-2)30-26(29)23-18-16-17-22(21-23)25(27)28/h22-24H,3-21H2,1-2H3,(H,27,28). The van der Waals surface area contributed by atoms with Gasteiger partial charge in [-0.1, -0.05) is 97.3 Å². The predicted octanol–water partition coefficient (Wildman–Crippen LogP) is 7.68. The van der Waals surface area contributed by atoms with Gasteiger partial charge < -0.3 is 9.84 Å². The molecule has 4 heteroatoms. The lowest BCUT2D eigenvalue weighted by Gasteiger charge is -2.27. The van der Waals surface area contributed by atoms with Gasteiger partial charge in [0.15, 0.2) is 0 Å². The zero-order valence-electron chi connectivity index (χ0n) is 19.8. The van der Waals surface area contributed by atoms with E-state index in [1.165, 1.54) is 64.2 Å². The average molecular weight is 425 g/mol. The van der Waals surface area contributed by atoms with Crippen LogP contribution in [0.4, 0.5) is 0 Å². The van der Waals surface area contributed by atoms with Crippen LogP contribution in [0.5, 0.6) is 0 Å². The number of hydrogen-bond acceptors (Lipinski definition) is 3. The summed E-state index contributed by atoms with van der Waals surface area (Å²) in [4.78, 5) is 23.9. The van der Waals surface area contributed by atoms with Gasteiger partial charge in [-0.2, -0.15) is 0 Å². The van der Waals surface area contributed by atoms with E-state index < -0.39 is 5.97 Å². The van der Waals surface area contributed by atoms with Gasteiger partial charge in [0.25, 0.3) is 0 Å². The van der Waals surface area contributed by atoms with Crippen molar-refractivity contribution in [2.24, 2.45) is 11.8 Å². The summed E-state index contributed by atoms with van der Waals surface area (Å²) in [6, 6.07) is 0. The first kappa shape index (κ1) is 27.0. The van der Waals surface area contributed by atoms with Gasteiger partial charge in [0.2, 0.25) is 0 Å². The highest BCUT2D eigenvalue weighted by Crippen LogP contribution is 2.31. The van der Waals surface area contributed by atoms with Crippen LogP contribution in [0.2, 0.25) is 0 Å². The minimum absolute atomic E-state index is 0.0150. The number of rotatable bonds is 18. The molecule has 3 unspecified atom stereocenters. The van der Waals surface area contributed by atoms with Crippen molar-refractivity contribution in [2.45, 2.75) is 142 Å². The molecule has 0 spiro atoms. The number of carbonyl (C=O) groups is 2. The fourth-order valence-electron chi connectivity index (χ4n) is 4.62. The van der Waals surface area contributed by atoms with E-state index in [1.807, 2.05) is 0 Å². The first-order chi connectivity index (χ1) is 14.6. The molecule has 1 aliphatic carbocycles. The first-order valence-electron chi connectivity index (χ1n) is 13.0. The summed E-state index contributed by atoms with van der Waals surface area (Å²) >= 11 is 0. The molecule has 0 amide bonds. The second kappa shape index (κ2) is 17.6. The Morgan fingerprint density at radius 1 is 0.767 bits per heavy atom. The molecule has 0 heterocycles. The summed E-state index contributed by atoms with van der Waals surface area (Å²) in [5.74, 6) is -1.51. The Morgan fingerprint density at radius 3 is 1.83 bits per heavy atom. The van der Waals surface area contributed by atoms with Crippen LogP contribution in [0.15, 0.2) is 0 Å². The van der Waals surface area contributed by atoms with Crippen molar-refractivity contribution < 1.29 is 19.4 Å². The first-order valence-corrected chi connectivity index (χ1v) is 13.0. The third kappa shape index (κ3) is 12.6. The molecule has 3 atom stereocenters. The summed E-state index contributed by atoms with van der Waals surface area (Å²) < 4.78 is 5.88. The van der Waals surface area contributed by atoms with E-state index in [4.69, 9.17) is 4.74 Å². The van der Waals surface area contributed by atoms with E-state index in [0.29, 0.717) is 12.8 Å². The quantitative estimate of drug-likeness (QED) is 0.181. The summed E-state index contributed by atoms with van der Waals surface area (Å²) in [5.41, 5.74) is 0. The molecule has 0 radical (unpaired) electrons. The van der Waals surface area contributed by atoms with Crippen molar-refractivity contribution in [1.29, 1.82) is 0 Å². The molecule has 0 bridgehead atoms. The summed E-state index contributed by atoms with van der Waals surface area (Å²) in [5, 5.41) is 9.25. The molecular weight excluding hydrogens is 376 g/mol. The van der Waals surface area contributed by atoms with Crippen molar-refractivity contribution in [3.8, 4) is 0 Å². The molecule has 176 valence electrons. The van der Waals surface area contributed by atoms with Crippen molar-refractivity contribution in [2.75, 3.05) is 0 Å². The molecule has 1 rings (SSSR count). The van der Waals surface area contributed by atoms with Crippen LogP contribution in [0.1, 0.15) is 136 Å². The van der Waals surface area contributed by atoms with Crippen LogP contribution in [-0.2, 0) is 14.3 Å². The number of carboxylic acids is 1. The lowest BCUT2D eigenvalue weighted by atomic mass is 9.81. The Kier molecular flexibility index (Phi) is 15.8. The number of unbranched alkanes of at least 4 members (excludes halogenated alkanes) is 11. The number of carboxylic acid groups (broad SMARTS) is 1. The van der Waals surface area contributed by atoms with Gasteiger partial charge in [-0.05, 0) is 38.5 Å². The van der Waals surface area contributed by atoms with Crippen molar-refractivity contribution in [1.82, 2.24) is 0 Å². The Morgan fingerprint density at radius 2 is 1.27 bits per heavy atom. The molecule has 0 aromatic heterocycles. The second-order valence-electron chi connectivity index (χ2n) is 9.42. The molecule has 0 aromatic carbocycles. The molecule has 4 nitrogen and oxygen atoms in total. The topological polar surface area (TPSA) is 63.6 Å². The maximum atomic E-state index is 12.6. The van der Waals surface area contributed by atoms with Crippen LogP contribution in [0, 0.1) is 11.8 Å². The zero-order chi connectivity index (χ0) is 22.0. The van der Waals surface area contributed by atoms with Gasteiger partial charge >= 0.3 is 11.9 Å². The highest BCUT2D eigenvalue weighted by Gasteiger charge is 2.32. The van der Waals surface area contributed by atoms with E-state index in [2.05, 4.69) is 13.8 Å². The van der Waals surface area contributed by atoms with Gasteiger partial charge in [0.1, 0.15) is 6.10 Å². The van der Waals surface area contributed by atoms with Crippen LogP contribution >= 0.6 is 0 Å². The Hall–Kier alpha value is -1.06. The van der Waals surface area contributed by atoms with E-state index in [-0.39, 0.29) is 23.9 Å². The Balaban J connectivity index is 2.20. The monoisotopic (exact) mass is 424 g/mol. The SMILES string of the molecule is CCCCCCCCCCCCCC(CCCC)OC(=O)C1CCCC(C(=O)O)C1. The molecule has 1 aliphatic rings. The number of aliphatic carboxylic acids is 1. The second-order valence-corrected chi connectivity index (χ2v) is 9.42. The summed E-state index contributed by atoms with van der Waals surface area (Å²) in [7, 11) is 0. The van der Waals surface area contributed by atoms with Crippen LogP contribution in [-0.4, -0.2) is 23.1 Å². The smallest absolute Gasteiger partial charge is 0.309 e. The highest BCUT2D eigenvalue weighted by atomic mass is 16.5. The summed E-state index contributed by atoms with van der Waals surface area (Å²) in [6.45, 7) is 4.43. The minimum atomic E-state index is -0.768. The third-order valence-corrected chi connectivity index (χ3v) is 6.65. The van der Waals surface area contributed by atoms with Gasteiger partial charge in [0.05, 0.1) is 11.8 Å². The maximum Gasteiger partial charge on any atom is 0.309 e. The van der Waals surface area contributed by atoms with Crippen LogP contribution < -0.4 is 0 Å². The highest BCUT2D eigenvalue weighted by molar-refractivity contribution is 5.75.